The van der Waals surface area contributed by atoms with E-state index >= 15 is 0 Å². The summed E-state index contributed by atoms with van der Waals surface area (Å²) in [4.78, 5) is 4.22. The fourth-order valence-electron chi connectivity index (χ4n) is 2.19. The number of rotatable bonds is 1. The van der Waals surface area contributed by atoms with Crippen LogP contribution >= 0.6 is 0 Å². The van der Waals surface area contributed by atoms with Crippen LogP contribution in [0.4, 0.5) is 10.3 Å². The summed E-state index contributed by atoms with van der Waals surface area (Å²) < 4.78 is 15.4. The molecular formula is C12H14FN3. The van der Waals surface area contributed by atoms with Gasteiger partial charge in [0, 0.05) is 11.6 Å². The molecule has 4 heteroatoms. The number of aryl methyl sites for hydroxylation is 1. The van der Waals surface area contributed by atoms with E-state index in [1.54, 1.807) is 6.92 Å². The van der Waals surface area contributed by atoms with E-state index in [4.69, 9.17) is 5.73 Å². The van der Waals surface area contributed by atoms with Gasteiger partial charge in [-0.15, -0.1) is 0 Å². The molecule has 0 bridgehead atoms. The Labute approximate surface area is 93.1 Å². The van der Waals surface area contributed by atoms with Gasteiger partial charge in [-0.3, -0.25) is 0 Å². The molecule has 3 rings (SSSR count). The van der Waals surface area contributed by atoms with Crippen LogP contribution in [0.1, 0.15) is 25.3 Å². The fraction of sp³-hybridized carbons (Fsp3) is 0.417. The van der Waals surface area contributed by atoms with E-state index in [1.165, 1.54) is 6.07 Å². The largest absolute Gasteiger partial charge is 0.369 e. The molecule has 0 radical (unpaired) electrons. The minimum Gasteiger partial charge on any atom is -0.369 e. The molecule has 0 saturated heterocycles. The standard InChI is InChI=1S/C12H14FN3/c1-7-5-10-9(6-8(7)13)15-11(14)16(10)12(2)3-4-12/h5-6H,3-4H2,1-2H3,(H2,14,15). The van der Waals surface area contributed by atoms with Crippen LogP contribution in [-0.4, -0.2) is 9.55 Å². The van der Waals surface area contributed by atoms with Crippen molar-refractivity contribution >= 4 is 17.0 Å². The molecule has 1 saturated carbocycles. The van der Waals surface area contributed by atoms with Crippen molar-refractivity contribution in [3.05, 3.63) is 23.5 Å². The minimum absolute atomic E-state index is 0.0864. The van der Waals surface area contributed by atoms with Gasteiger partial charge >= 0.3 is 0 Å². The average Bonchev–Trinajstić information content (AvgIpc) is 2.84. The first-order valence-corrected chi connectivity index (χ1v) is 5.46. The van der Waals surface area contributed by atoms with Crippen molar-refractivity contribution in [3.8, 4) is 0 Å². The number of imidazole rings is 1. The molecule has 0 atom stereocenters. The second-order valence-corrected chi connectivity index (χ2v) is 4.89. The lowest BCUT2D eigenvalue weighted by atomic mass is 10.2. The average molecular weight is 219 g/mol. The maximum atomic E-state index is 13.4. The predicted molar refractivity (Wildman–Crippen MR) is 61.7 cm³/mol. The Morgan fingerprint density at radius 2 is 2.12 bits per heavy atom. The summed E-state index contributed by atoms with van der Waals surface area (Å²) in [7, 11) is 0. The number of anilines is 1. The Bertz CT molecular complexity index is 581. The monoisotopic (exact) mass is 219 g/mol. The molecule has 0 spiro atoms. The zero-order chi connectivity index (χ0) is 11.5. The van der Waals surface area contributed by atoms with Crippen LogP contribution in [0.3, 0.4) is 0 Å². The van der Waals surface area contributed by atoms with Gasteiger partial charge < -0.3 is 10.3 Å². The summed E-state index contributed by atoms with van der Waals surface area (Å²) in [6, 6.07) is 3.29. The second kappa shape index (κ2) is 2.75. The summed E-state index contributed by atoms with van der Waals surface area (Å²) in [5.74, 6) is 0.262. The van der Waals surface area contributed by atoms with Crippen LogP contribution in [0.5, 0.6) is 0 Å². The third kappa shape index (κ3) is 1.16. The summed E-state index contributed by atoms with van der Waals surface area (Å²) in [5.41, 5.74) is 8.22. The fourth-order valence-corrected chi connectivity index (χ4v) is 2.19. The van der Waals surface area contributed by atoms with Crippen molar-refractivity contribution in [2.45, 2.75) is 32.2 Å². The number of benzene rings is 1. The Morgan fingerprint density at radius 1 is 1.44 bits per heavy atom. The zero-order valence-corrected chi connectivity index (χ0v) is 9.42. The lowest BCUT2D eigenvalue weighted by Crippen LogP contribution is -2.14. The highest BCUT2D eigenvalue weighted by atomic mass is 19.1. The summed E-state index contributed by atoms with van der Waals surface area (Å²) >= 11 is 0. The van der Waals surface area contributed by atoms with E-state index in [1.807, 2.05) is 10.6 Å². The highest BCUT2D eigenvalue weighted by Gasteiger charge is 2.41. The molecule has 1 aliphatic rings. The molecular weight excluding hydrogens is 205 g/mol. The Kier molecular flexibility index (Phi) is 1.66. The van der Waals surface area contributed by atoms with Gasteiger partial charge in [0.15, 0.2) is 0 Å². The number of hydrogen-bond donors (Lipinski definition) is 1. The van der Waals surface area contributed by atoms with Gasteiger partial charge in [0.05, 0.1) is 11.0 Å². The van der Waals surface area contributed by atoms with Crippen molar-refractivity contribution in [2.75, 3.05) is 5.73 Å². The first-order valence-electron chi connectivity index (χ1n) is 5.46. The van der Waals surface area contributed by atoms with Gasteiger partial charge in [-0.25, -0.2) is 9.37 Å². The molecule has 2 N–H and O–H groups in total. The van der Waals surface area contributed by atoms with Crippen molar-refractivity contribution in [1.29, 1.82) is 0 Å². The molecule has 3 nitrogen and oxygen atoms in total. The van der Waals surface area contributed by atoms with Gasteiger partial charge in [-0.05, 0) is 38.3 Å². The van der Waals surface area contributed by atoms with Crippen molar-refractivity contribution in [3.63, 3.8) is 0 Å². The van der Waals surface area contributed by atoms with E-state index in [2.05, 4.69) is 11.9 Å². The summed E-state index contributed by atoms with van der Waals surface area (Å²) in [6.45, 7) is 3.92. The third-order valence-electron chi connectivity index (χ3n) is 3.47. The molecule has 1 aliphatic carbocycles. The lowest BCUT2D eigenvalue weighted by Gasteiger charge is -2.13. The molecule has 1 fully saturated rings. The Hall–Kier alpha value is -1.58. The molecule has 84 valence electrons. The number of nitrogens with two attached hydrogens (primary N) is 1. The molecule has 2 aromatic rings. The maximum absolute atomic E-state index is 13.4. The Morgan fingerprint density at radius 3 is 2.75 bits per heavy atom. The first-order chi connectivity index (χ1) is 7.51. The number of hydrogen-bond acceptors (Lipinski definition) is 2. The van der Waals surface area contributed by atoms with Crippen molar-refractivity contribution < 1.29 is 4.39 Å². The molecule has 0 unspecified atom stereocenters. The molecule has 1 aromatic carbocycles. The van der Waals surface area contributed by atoms with Crippen LogP contribution < -0.4 is 5.73 Å². The number of aromatic nitrogens is 2. The van der Waals surface area contributed by atoms with Crippen LogP contribution in [-0.2, 0) is 5.54 Å². The smallest absolute Gasteiger partial charge is 0.201 e. The van der Waals surface area contributed by atoms with Crippen LogP contribution in [0.15, 0.2) is 12.1 Å². The van der Waals surface area contributed by atoms with E-state index < -0.39 is 0 Å². The molecule has 1 heterocycles. The number of nitrogens with zero attached hydrogens (tertiary/aromatic N) is 2. The summed E-state index contributed by atoms with van der Waals surface area (Å²) in [5, 5.41) is 0. The van der Waals surface area contributed by atoms with E-state index in [0.717, 1.165) is 18.4 Å². The highest BCUT2D eigenvalue weighted by Crippen LogP contribution is 2.46. The van der Waals surface area contributed by atoms with Crippen LogP contribution in [0, 0.1) is 12.7 Å². The van der Waals surface area contributed by atoms with Crippen LogP contribution in [0.25, 0.3) is 11.0 Å². The quantitative estimate of drug-likeness (QED) is 0.801. The van der Waals surface area contributed by atoms with E-state index in [9.17, 15) is 4.39 Å². The van der Waals surface area contributed by atoms with Gasteiger partial charge in [0.25, 0.3) is 0 Å². The van der Waals surface area contributed by atoms with Gasteiger partial charge in [-0.2, -0.15) is 0 Å². The predicted octanol–water partition coefficient (Wildman–Crippen LogP) is 2.58. The van der Waals surface area contributed by atoms with E-state index in [-0.39, 0.29) is 11.4 Å². The van der Waals surface area contributed by atoms with Gasteiger partial charge in [-0.1, -0.05) is 0 Å². The van der Waals surface area contributed by atoms with Gasteiger partial charge in [0.1, 0.15) is 5.82 Å². The normalized spacial score (nSPS) is 17.9. The molecule has 1 aromatic heterocycles. The van der Waals surface area contributed by atoms with Crippen molar-refractivity contribution in [1.82, 2.24) is 9.55 Å². The highest BCUT2D eigenvalue weighted by molar-refractivity contribution is 5.80. The number of halogens is 1. The van der Waals surface area contributed by atoms with Crippen molar-refractivity contribution in [2.24, 2.45) is 0 Å². The SMILES string of the molecule is Cc1cc2c(cc1F)nc(N)n2C1(C)CC1. The molecule has 0 amide bonds. The zero-order valence-electron chi connectivity index (χ0n) is 9.42. The van der Waals surface area contributed by atoms with E-state index in [0.29, 0.717) is 17.0 Å². The minimum atomic E-state index is -0.224. The summed E-state index contributed by atoms with van der Waals surface area (Å²) in [6.07, 6.45) is 2.22. The number of fused-ring (bicyclic) bond motifs is 1. The Balaban J connectivity index is 2.35. The van der Waals surface area contributed by atoms with Gasteiger partial charge in [0.2, 0.25) is 5.95 Å². The third-order valence-corrected chi connectivity index (χ3v) is 3.47. The maximum Gasteiger partial charge on any atom is 0.201 e. The molecule has 16 heavy (non-hydrogen) atoms. The van der Waals surface area contributed by atoms with Crippen LogP contribution in [0.2, 0.25) is 0 Å². The second-order valence-electron chi connectivity index (χ2n) is 4.89. The number of nitrogen functional groups attached to an aromatic ring is 1. The first kappa shape index (κ1) is 9.63. The lowest BCUT2D eigenvalue weighted by molar-refractivity contribution is 0.556. The topological polar surface area (TPSA) is 43.8 Å². The molecule has 0 aliphatic heterocycles.